The summed E-state index contributed by atoms with van der Waals surface area (Å²) < 4.78 is 5.47. The molecule has 1 aromatic heterocycles. The second-order valence-electron chi connectivity index (χ2n) is 6.97. The van der Waals surface area contributed by atoms with E-state index in [0.29, 0.717) is 18.5 Å². The predicted octanol–water partition coefficient (Wildman–Crippen LogP) is 2.77. The smallest absolute Gasteiger partial charge is 0.318 e. The molecule has 24 heavy (non-hydrogen) atoms. The van der Waals surface area contributed by atoms with Crippen LogP contribution in [-0.4, -0.2) is 47.4 Å². The van der Waals surface area contributed by atoms with Crippen molar-refractivity contribution in [1.29, 1.82) is 0 Å². The van der Waals surface area contributed by atoms with E-state index in [4.69, 9.17) is 4.42 Å². The zero-order chi connectivity index (χ0) is 17.1. The number of piperidine rings is 1. The third-order valence-electron chi connectivity index (χ3n) is 5.15. The Morgan fingerprint density at radius 1 is 1.33 bits per heavy atom. The molecule has 2 aliphatic rings. The molecular formula is C18H27N3O3. The fourth-order valence-corrected chi connectivity index (χ4v) is 3.45. The number of amides is 3. The number of furan rings is 1. The van der Waals surface area contributed by atoms with Gasteiger partial charge in [0.05, 0.1) is 12.3 Å². The van der Waals surface area contributed by atoms with Crippen molar-refractivity contribution >= 4 is 11.9 Å². The van der Waals surface area contributed by atoms with E-state index < -0.39 is 0 Å². The number of nitrogens with one attached hydrogen (secondary N) is 1. The Balaban J connectivity index is 1.51. The number of carbonyl (C=O) groups excluding carboxylic acids is 2. The van der Waals surface area contributed by atoms with Crippen molar-refractivity contribution in [3.8, 4) is 0 Å². The highest BCUT2D eigenvalue weighted by Crippen LogP contribution is 2.34. The molecule has 1 saturated carbocycles. The van der Waals surface area contributed by atoms with Gasteiger partial charge in [-0.15, -0.1) is 0 Å². The largest absolute Gasteiger partial charge is 0.467 e. The van der Waals surface area contributed by atoms with Gasteiger partial charge in [0.25, 0.3) is 0 Å². The van der Waals surface area contributed by atoms with Crippen molar-refractivity contribution in [1.82, 2.24) is 15.1 Å². The predicted molar refractivity (Wildman–Crippen MR) is 90.4 cm³/mol. The maximum absolute atomic E-state index is 12.7. The quantitative estimate of drug-likeness (QED) is 0.901. The van der Waals surface area contributed by atoms with Crippen LogP contribution in [0.1, 0.15) is 51.3 Å². The maximum Gasteiger partial charge on any atom is 0.318 e. The SMILES string of the molecule is CC(=O)N1CCC(CNC(=O)N(C2CC2)[C@H](C)c2ccco2)CC1. The summed E-state index contributed by atoms with van der Waals surface area (Å²) in [7, 11) is 0. The zero-order valence-electron chi connectivity index (χ0n) is 14.5. The van der Waals surface area contributed by atoms with Gasteiger partial charge in [-0.2, -0.15) is 0 Å². The highest BCUT2D eigenvalue weighted by Gasteiger charge is 2.37. The molecule has 0 bridgehead atoms. The fraction of sp³-hybridized carbons (Fsp3) is 0.667. The lowest BCUT2D eigenvalue weighted by Crippen LogP contribution is -2.46. The Kier molecular flexibility index (Phi) is 5.11. The molecule has 2 heterocycles. The average Bonchev–Trinajstić information content (AvgIpc) is 3.25. The molecule has 1 aromatic rings. The lowest BCUT2D eigenvalue weighted by Gasteiger charge is -2.33. The molecule has 132 valence electrons. The minimum atomic E-state index is -0.0490. The summed E-state index contributed by atoms with van der Waals surface area (Å²) in [6.45, 7) is 5.91. The topological polar surface area (TPSA) is 65.8 Å². The molecular weight excluding hydrogens is 306 g/mol. The van der Waals surface area contributed by atoms with Crippen LogP contribution in [0.3, 0.4) is 0 Å². The van der Waals surface area contributed by atoms with E-state index in [1.807, 2.05) is 28.9 Å². The molecule has 1 aliphatic heterocycles. The molecule has 3 rings (SSSR count). The Morgan fingerprint density at radius 3 is 2.58 bits per heavy atom. The van der Waals surface area contributed by atoms with Crippen LogP contribution < -0.4 is 5.32 Å². The first-order valence-electron chi connectivity index (χ1n) is 8.91. The Hall–Kier alpha value is -1.98. The molecule has 2 fully saturated rings. The van der Waals surface area contributed by atoms with Gasteiger partial charge in [0, 0.05) is 32.6 Å². The number of hydrogen-bond acceptors (Lipinski definition) is 3. The summed E-state index contributed by atoms with van der Waals surface area (Å²) in [6, 6.07) is 4.05. The minimum Gasteiger partial charge on any atom is -0.467 e. The van der Waals surface area contributed by atoms with Gasteiger partial charge in [-0.05, 0) is 50.7 Å². The Bertz CT molecular complexity index is 560. The maximum atomic E-state index is 12.7. The fourth-order valence-electron chi connectivity index (χ4n) is 3.45. The van der Waals surface area contributed by atoms with Gasteiger partial charge >= 0.3 is 6.03 Å². The second kappa shape index (κ2) is 7.28. The van der Waals surface area contributed by atoms with Crippen LogP contribution in [-0.2, 0) is 4.79 Å². The van der Waals surface area contributed by atoms with E-state index >= 15 is 0 Å². The minimum absolute atomic E-state index is 0.00426. The monoisotopic (exact) mass is 333 g/mol. The molecule has 0 unspecified atom stereocenters. The molecule has 0 radical (unpaired) electrons. The van der Waals surface area contributed by atoms with Crippen molar-refractivity contribution in [3.63, 3.8) is 0 Å². The van der Waals surface area contributed by atoms with Crippen molar-refractivity contribution in [2.75, 3.05) is 19.6 Å². The highest BCUT2D eigenvalue weighted by molar-refractivity contribution is 5.75. The number of urea groups is 1. The van der Waals surface area contributed by atoms with Crippen LogP contribution in [0.25, 0.3) is 0 Å². The van der Waals surface area contributed by atoms with Crippen LogP contribution in [0, 0.1) is 5.92 Å². The van der Waals surface area contributed by atoms with Crippen LogP contribution in [0.2, 0.25) is 0 Å². The van der Waals surface area contributed by atoms with Crippen molar-refractivity contribution < 1.29 is 14.0 Å². The summed E-state index contributed by atoms with van der Waals surface area (Å²) in [4.78, 5) is 27.9. The number of hydrogen-bond donors (Lipinski definition) is 1. The lowest BCUT2D eigenvalue weighted by molar-refractivity contribution is -0.130. The molecule has 1 N–H and O–H groups in total. The number of nitrogens with zero attached hydrogens (tertiary/aromatic N) is 2. The van der Waals surface area contributed by atoms with Gasteiger partial charge < -0.3 is 19.5 Å². The van der Waals surface area contributed by atoms with E-state index in [2.05, 4.69) is 5.32 Å². The van der Waals surface area contributed by atoms with Crippen molar-refractivity contribution in [3.05, 3.63) is 24.2 Å². The van der Waals surface area contributed by atoms with Crippen LogP contribution in [0.4, 0.5) is 4.79 Å². The molecule has 0 spiro atoms. The number of rotatable bonds is 5. The first-order chi connectivity index (χ1) is 11.6. The molecule has 3 amide bonds. The van der Waals surface area contributed by atoms with Gasteiger partial charge in [0.2, 0.25) is 5.91 Å². The lowest BCUT2D eigenvalue weighted by atomic mass is 9.97. The molecule has 0 aromatic carbocycles. The highest BCUT2D eigenvalue weighted by atomic mass is 16.3. The van der Waals surface area contributed by atoms with Crippen molar-refractivity contribution in [2.45, 2.75) is 51.6 Å². The van der Waals surface area contributed by atoms with Crippen molar-refractivity contribution in [2.24, 2.45) is 5.92 Å². The molecule has 1 aliphatic carbocycles. The summed E-state index contributed by atoms with van der Waals surface area (Å²) in [5.74, 6) is 1.42. The Labute approximate surface area is 143 Å². The van der Waals surface area contributed by atoms with Gasteiger partial charge in [0.1, 0.15) is 5.76 Å². The molecule has 6 nitrogen and oxygen atoms in total. The Morgan fingerprint density at radius 2 is 2.04 bits per heavy atom. The van der Waals surface area contributed by atoms with Crippen LogP contribution in [0.5, 0.6) is 0 Å². The summed E-state index contributed by atoms with van der Waals surface area (Å²) in [6.07, 6.45) is 5.69. The first kappa shape index (κ1) is 16.9. The standard InChI is InChI=1S/C18H27N3O3/c1-13(17-4-3-11-24-17)21(16-5-6-16)18(23)19-12-15-7-9-20(10-8-15)14(2)22/h3-4,11,13,15-16H,5-10,12H2,1-2H3,(H,19,23)/t13-/m1/s1. The van der Waals surface area contributed by atoms with E-state index in [-0.39, 0.29) is 18.0 Å². The summed E-state index contributed by atoms with van der Waals surface area (Å²) in [5.41, 5.74) is 0. The molecule has 6 heteroatoms. The van der Waals surface area contributed by atoms with Gasteiger partial charge in [0.15, 0.2) is 0 Å². The van der Waals surface area contributed by atoms with E-state index in [9.17, 15) is 9.59 Å². The number of carbonyl (C=O) groups is 2. The third kappa shape index (κ3) is 3.91. The normalized spacial score (nSPS) is 19.8. The van der Waals surface area contributed by atoms with Gasteiger partial charge in [-0.25, -0.2) is 4.79 Å². The van der Waals surface area contributed by atoms with Crippen LogP contribution >= 0.6 is 0 Å². The second-order valence-corrected chi connectivity index (χ2v) is 6.97. The van der Waals surface area contributed by atoms with Crippen LogP contribution in [0.15, 0.2) is 22.8 Å². The molecule has 1 atom stereocenters. The summed E-state index contributed by atoms with van der Waals surface area (Å²) >= 11 is 0. The number of likely N-dealkylation sites (tertiary alicyclic amines) is 1. The van der Waals surface area contributed by atoms with Gasteiger partial charge in [-0.3, -0.25) is 4.79 Å². The van der Waals surface area contributed by atoms with E-state index in [0.717, 1.165) is 44.5 Å². The third-order valence-corrected chi connectivity index (χ3v) is 5.15. The zero-order valence-corrected chi connectivity index (χ0v) is 14.5. The van der Waals surface area contributed by atoms with Gasteiger partial charge in [-0.1, -0.05) is 0 Å². The first-order valence-corrected chi connectivity index (χ1v) is 8.91. The van der Waals surface area contributed by atoms with E-state index in [1.165, 1.54) is 0 Å². The van der Waals surface area contributed by atoms with E-state index in [1.54, 1.807) is 13.2 Å². The molecule has 1 saturated heterocycles. The summed E-state index contributed by atoms with van der Waals surface area (Å²) in [5, 5.41) is 3.10. The average molecular weight is 333 g/mol.